The summed E-state index contributed by atoms with van der Waals surface area (Å²) in [4.78, 5) is 32.1. The Kier molecular flexibility index (Phi) is 9.63. The number of aliphatic hydroxyl groups excluding tert-OH is 1. The number of aliphatic hydroxyl groups is 1. The molecule has 0 aromatic carbocycles. The lowest BCUT2D eigenvalue weighted by atomic mass is 10.2. The fraction of sp³-hybridized carbons (Fsp3) is 0.121. The van der Waals surface area contributed by atoms with Gasteiger partial charge in [0.1, 0.15) is 23.3 Å². The quantitative estimate of drug-likeness (QED) is 0.148. The van der Waals surface area contributed by atoms with Crippen LogP contribution in [-0.4, -0.2) is 31.3 Å². The number of thiophene rings is 2. The maximum atomic E-state index is 10.8. The van der Waals surface area contributed by atoms with E-state index in [4.69, 9.17) is 0 Å². The minimum Gasteiger partial charge on any atom is -0.388 e. The molecule has 1 atom stereocenters. The maximum absolute atomic E-state index is 10.8. The van der Waals surface area contributed by atoms with Crippen LogP contribution in [-0.2, 0) is 0 Å². The van der Waals surface area contributed by atoms with Crippen LogP contribution < -0.4 is 10.6 Å². The van der Waals surface area contributed by atoms with Crippen molar-refractivity contribution in [2.75, 3.05) is 10.6 Å². The summed E-state index contributed by atoms with van der Waals surface area (Å²) in [5, 5.41) is 16.0. The predicted octanol–water partition coefficient (Wildman–Crippen LogP) is 8.38. The second-order valence-electron chi connectivity index (χ2n) is 9.70. The average molecular weight is 607 g/mol. The number of hydrogen-bond acceptors (Lipinski definition) is 10. The Labute approximate surface area is 258 Å². The molecule has 6 aromatic heterocycles. The summed E-state index contributed by atoms with van der Waals surface area (Å²) in [6.45, 7) is 5.81. The molecule has 0 bridgehead atoms. The van der Waals surface area contributed by atoms with E-state index in [0.717, 1.165) is 66.7 Å². The predicted molar refractivity (Wildman–Crippen MR) is 176 cm³/mol. The Morgan fingerprint density at radius 1 is 0.698 bits per heavy atom. The van der Waals surface area contributed by atoms with E-state index in [2.05, 4.69) is 30.6 Å². The number of carbonyl (C=O) groups is 1. The lowest BCUT2D eigenvalue weighted by molar-refractivity contribution is 0.112. The largest absolute Gasteiger partial charge is 0.388 e. The molecule has 1 unspecified atom stereocenters. The lowest BCUT2D eigenvalue weighted by Gasteiger charge is -2.06. The molecule has 10 heteroatoms. The van der Waals surface area contributed by atoms with Gasteiger partial charge < -0.3 is 15.7 Å². The number of nitrogens with one attached hydrogen (secondary N) is 2. The Morgan fingerprint density at radius 3 is 1.70 bits per heavy atom. The van der Waals surface area contributed by atoms with Crippen LogP contribution in [0.5, 0.6) is 0 Å². The Hall–Kier alpha value is -4.77. The summed E-state index contributed by atoms with van der Waals surface area (Å²) in [5.74, 6) is 3.02. The van der Waals surface area contributed by atoms with Crippen molar-refractivity contribution in [1.29, 1.82) is 0 Å². The van der Waals surface area contributed by atoms with E-state index >= 15 is 0 Å². The molecule has 8 nitrogen and oxygen atoms in total. The highest BCUT2D eigenvalue weighted by Gasteiger charge is 2.09. The van der Waals surface area contributed by atoms with Gasteiger partial charge in [-0.05, 0) is 105 Å². The molecular weight excluding hydrogens is 577 g/mol. The van der Waals surface area contributed by atoms with Crippen LogP contribution in [0.15, 0.2) is 97.3 Å². The van der Waals surface area contributed by atoms with E-state index in [1.165, 1.54) is 11.3 Å². The summed E-state index contributed by atoms with van der Waals surface area (Å²) < 4.78 is 0. The number of hydrogen-bond donors (Lipinski definition) is 3. The minimum absolute atomic E-state index is 0.448. The number of aryl methyl sites for hydroxylation is 2. The first-order chi connectivity index (χ1) is 20.9. The second kappa shape index (κ2) is 13.9. The Morgan fingerprint density at radius 2 is 1.23 bits per heavy atom. The lowest BCUT2D eigenvalue weighted by Crippen LogP contribution is -1.96. The fourth-order valence-electron chi connectivity index (χ4n) is 4.02. The van der Waals surface area contributed by atoms with E-state index in [0.29, 0.717) is 4.88 Å². The highest BCUT2D eigenvalue weighted by molar-refractivity contribution is 7.17. The zero-order valence-electron chi connectivity index (χ0n) is 23.9. The summed E-state index contributed by atoms with van der Waals surface area (Å²) in [7, 11) is 0. The minimum atomic E-state index is -0.448. The highest BCUT2D eigenvalue weighted by Crippen LogP contribution is 2.31. The van der Waals surface area contributed by atoms with Crippen molar-refractivity contribution >= 4 is 52.2 Å². The van der Waals surface area contributed by atoms with Crippen molar-refractivity contribution in [2.45, 2.75) is 26.9 Å². The normalized spacial score (nSPS) is 11.3. The number of carbonyl (C=O) groups excluding carboxylic acids is 1. The molecule has 0 saturated heterocycles. The van der Waals surface area contributed by atoms with Gasteiger partial charge >= 0.3 is 0 Å². The van der Waals surface area contributed by atoms with Crippen LogP contribution >= 0.6 is 22.7 Å². The third kappa shape index (κ3) is 8.16. The molecule has 0 saturated carbocycles. The van der Waals surface area contributed by atoms with Crippen molar-refractivity contribution in [1.82, 2.24) is 19.9 Å². The van der Waals surface area contributed by atoms with Crippen LogP contribution in [0.25, 0.3) is 21.1 Å². The van der Waals surface area contributed by atoms with E-state index in [1.807, 2.05) is 92.7 Å². The molecule has 0 amide bonds. The van der Waals surface area contributed by atoms with Crippen molar-refractivity contribution in [3.05, 3.63) is 118 Å². The van der Waals surface area contributed by atoms with Crippen molar-refractivity contribution in [3.8, 4) is 21.1 Å². The number of rotatable bonds is 8. The van der Waals surface area contributed by atoms with Crippen molar-refractivity contribution in [2.24, 2.45) is 0 Å². The topological polar surface area (TPSA) is 113 Å². The Balaban J connectivity index is 0.000000171. The maximum Gasteiger partial charge on any atom is 0.160 e. The van der Waals surface area contributed by atoms with Crippen LogP contribution in [0.4, 0.5) is 23.3 Å². The molecule has 0 aliphatic carbocycles. The summed E-state index contributed by atoms with van der Waals surface area (Å²) >= 11 is 2.99. The molecule has 0 aliphatic rings. The van der Waals surface area contributed by atoms with E-state index < -0.39 is 6.10 Å². The monoisotopic (exact) mass is 606 g/mol. The third-order valence-corrected chi connectivity index (χ3v) is 8.44. The number of nitrogens with zero attached hydrogens (tertiary/aromatic N) is 4. The zero-order chi connectivity index (χ0) is 30.2. The summed E-state index contributed by atoms with van der Waals surface area (Å²) in [5.41, 5.74) is 4.01. The fourth-order valence-corrected chi connectivity index (χ4v) is 5.73. The molecule has 0 aliphatic heterocycles. The van der Waals surface area contributed by atoms with Crippen LogP contribution in [0.1, 0.15) is 38.7 Å². The highest BCUT2D eigenvalue weighted by atomic mass is 32.1. The van der Waals surface area contributed by atoms with Crippen molar-refractivity contribution < 1.29 is 9.90 Å². The second-order valence-corrected chi connectivity index (χ2v) is 11.9. The zero-order valence-corrected chi connectivity index (χ0v) is 25.5. The molecule has 3 N–H and O–H groups in total. The Bertz CT molecular complexity index is 1830. The van der Waals surface area contributed by atoms with Gasteiger partial charge in [0.15, 0.2) is 6.29 Å². The van der Waals surface area contributed by atoms with Gasteiger partial charge in [-0.15, -0.1) is 22.7 Å². The van der Waals surface area contributed by atoms with Crippen LogP contribution in [0.3, 0.4) is 0 Å². The third-order valence-electron chi connectivity index (χ3n) is 6.13. The van der Waals surface area contributed by atoms with Gasteiger partial charge in [0.25, 0.3) is 0 Å². The van der Waals surface area contributed by atoms with E-state index in [-0.39, 0.29) is 0 Å². The van der Waals surface area contributed by atoms with Crippen LogP contribution in [0.2, 0.25) is 0 Å². The summed E-state index contributed by atoms with van der Waals surface area (Å²) in [6, 6.07) is 27.1. The molecule has 6 aromatic rings. The van der Waals surface area contributed by atoms with Gasteiger partial charge in [0, 0.05) is 17.3 Å². The SMILES string of the molecule is Cc1ccnc(Nc2cccc(-c3ccc(C(C)O)s3)n2)c1.Cc1ccnc(Nc2cccc(-c3ccc(C=O)s3)n2)c1. The van der Waals surface area contributed by atoms with Gasteiger partial charge in [-0.1, -0.05) is 12.1 Å². The first-order valence-corrected chi connectivity index (χ1v) is 15.2. The standard InChI is InChI=1S/C17H17N3OS.C16H13N3OS/c1-11-8-9-18-17(10-11)20-16-5-3-4-13(19-16)15-7-6-14(22-15)12(2)21;1-11-7-8-17-16(9-11)19-15-4-2-3-13(18-15)14-6-5-12(10-20)21-14/h3-10,12,21H,1-2H3,(H,18,19,20);2-10H,1H3,(H,17,18,19). The number of anilines is 4. The number of aldehydes is 1. The molecule has 6 heterocycles. The molecule has 0 spiro atoms. The molecule has 6 rings (SSSR count). The molecule has 0 fully saturated rings. The molecular formula is C33H30N6O2S2. The van der Waals surface area contributed by atoms with E-state index in [9.17, 15) is 9.90 Å². The molecule has 43 heavy (non-hydrogen) atoms. The average Bonchev–Trinajstić information content (AvgIpc) is 3.69. The van der Waals surface area contributed by atoms with Crippen LogP contribution in [0, 0.1) is 13.8 Å². The van der Waals surface area contributed by atoms with Gasteiger partial charge in [0.05, 0.1) is 32.1 Å². The van der Waals surface area contributed by atoms with Gasteiger partial charge in [0.2, 0.25) is 0 Å². The smallest absolute Gasteiger partial charge is 0.160 e. The first kappa shape index (κ1) is 29.7. The molecule has 0 radical (unpaired) electrons. The molecule has 216 valence electrons. The van der Waals surface area contributed by atoms with Gasteiger partial charge in [-0.2, -0.15) is 0 Å². The first-order valence-electron chi connectivity index (χ1n) is 13.5. The van der Waals surface area contributed by atoms with Gasteiger partial charge in [-0.25, -0.2) is 19.9 Å². The van der Waals surface area contributed by atoms with Crippen molar-refractivity contribution in [3.63, 3.8) is 0 Å². The number of aromatic nitrogens is 4. The summed E-state index contributed by atoms with van der Waals surface area (Å²) in [6.07, 6.45) is 3.94. The number of pyridine rings is 4. The van der Waals surface area contributed by atoms with Gasteiger partial charge in [-0.3, -0.25) is 4.79 Å². The van der Waals surface area contributed by atoms with E-state index in [1.54, 1.807) is 36.7 Å².